The van der Waals surface area contributed by atoms with Gasteiger partial charge < -0.3 is 19.7 Å². The number of fused-ring (bicyclic) bond motifs is 1. The first-order valence-electron chi connectivity index (χ1n) is 9.55. The second-order valence-corrected chi connectivity index (χ2v) is 7.02. The standard InChI is InChI=1S/C21H24FN3O3/c1-15(21(26)23-17-4-7-19-20(14-17)28-13-12-27-19)24-8-10-25(11-9-24)18-5-2-16(22)3-6-18/h2-7,14-15H,8-13H2,1H3,(H,23,26). The molecule has 0 aromatic heterocycles. The van der Waals surface area contributed by atoms with E-state index in [9.17, 15) is 9.18 Å². The molecule has 0 saturated carbocycles. The number of ether oxygens (including phenoxy) is 2. The number of anilines is 2. The smallest absolute Gasteiger partial charge is 0.241 e. The Morgan fingerprint density at radius 2 is 1.68 bits per heavy atom. The Morgan fingerprint density at radius 3 is 2.39 bits per heavy atom. The van der Waals surface area contributed by atoms with Crippen LogP contribution in [0.5, 0.6) is 11.5 Å². The highest BCUT2D eigenvalue weighted by Gasteiger charge is 2.26. The van der Waals surface area contributed by atoms with Crippen molar-refractivity contribution >= 4 is 17.3 Å². The normalized spacial score (nSPS) is 17.9. The lowest BCUT2D eigenvalue weighted by atomic mass is 10.2. The Bertz CT molecular complexity index is 835. The maximum Gasteiger partial charge on any atom is 0.241 e. The van der Waals surface area contributed by atoms with Crippen molar-refractivity contribution in [2.24, 2.45) is 0 Å². The second-order valence-electron chi connectivity index (χ2n) is 7.02. The Hall–Kier alpha value is -2.80. The Balaban J connectivity index is 1.32. The lowest BCUT2D eigenvalue weighted by Gasteiger charge is -2.38. The van der Waals surface area contributed by atoms with E-state index in [4.69, 9.17) is 9.47 Å². The van der Waals surface area contributed by atoms with Gasteiger partial charge in [0.2, 0.25) is 5.91 Å². The number of amides is 1. The summed E-state index contributed by atoms with van der Waals surface area (Å²) in [4.78, 5) is 17.1. The molecule has 2 heterocycles. The topological polar surface area (TPSA) is 54.0 Å². The van der Waals surface area contributed by atoms with Gasteiger partial charge in [0.25, 0.3) is 0 Å². The number of carbonyl (C=O) groups excluding carboxylic acids is 1. The molecule has 1 saturated heterocycles. The number of carbonyl (C=O) groups is 1. The van der Waals surface area contributed by atoms with E-state index in [0.29, 0.717) is 30.4 Å². The van der Waals surface area contributed by atoms with Gasteiger partial charge in [-0.3, -0.25) is 9.69 Å². The molecular formula is C21H24FN3O3. The number of hydrogen-bond donors (Lipinski definition) is 1. The van der Waals surface area contributed by atoms with Gasteiger partial charge in [0.1, 0.15) is 19.0 Å². The summed E-state index contributed by atoms with van der Waals surface area (Å²) >= 11 is 0. The minimum atomic E-state index is -0.247. The molecule has 148 valence electrons. The molecule has 0 aliphatic carbocycles. The monoisotopic (exact) mass is 385 g/mol. The largest absolute Gasteiger partial charge is 0.486 e. The minimum absolute atomic E-state index is 0.0492. The highest BCUT2D eigenvalue weighted by Crippen LogP contribution is 2.32. The Labute approximate surface area is 163 Å². The number of nitrogens with zero attached hydrogens (tertiary/aromatic N) is 2. The Kier molecular flexibility index (Phi) is 5.34. The molecule has 1 unspecified atom stereocenters. The van der Waals surface area contributed by atoms with Gasteiger partial charge in [-0.25, -0.2) is 4.39 Å². The predicted molar refractivity (Wildman–Crippen MR) is 106 cm³/mol. The van der Waals surface area contributed by atoms with Gasteiger partial charge in [-0.15, -0.1) is 0 Å². The first-order valence-corrected chi connectivity index (χ1v) is 9.55. The lowest BCUT2D eigenvalue weighted by Crippen LogP contribution is -2.52. The zero-order valence-corrected chi connectivity index (χ0v) is 15.9. The summed E-state index contributed by atoms with van der Waals surface area (Å²) in [6.07, 6.45) is 0. The van der Waals surface area contributed by atoms with Crippen molar-refractivity contribution in [3.05, 3.63) is 48.3 Å². The van der Waals surface area contributed by atoms with Gasteiger partial charge in [0, 0.05) is 43.6 Å². The van der Waals surface area contributed by atoms with Crippen molar-refractivity contribution in [2.45, 2.75) is 13.0 Å². The molecule has 2 aromatic carbocycles. The summed E-state index contributed by atoms with van der Waals surface area (Å²) in [7, 11) is 0. The SMILES string of the molecule is CC(C(=O)Nc1ccc2c(c1)OCCO2)N1CCN(c2ccc(F)cc2)CC1. The van der Waals surface area contributed by atoms with Gasteiger partial charge in [0.15, 0.2) is 11.5 Å². The van der Waals surface area contributed by atoms with Crippen LogP contribution in [0.25, 0.3) is 0 Å². The van der Waals surface area contributed by atoms with Crippen molar-refractivity contribution in [3.8, 4) is 11.5 Å². The van der Waals surface area contributed by atoms with Gasteiger partial charge in [-0.2, -0.15) is 0 Å². The fourth-order valence-electron chi connectivity index (χ4n) is 3.55. The molecule has 0 bridgehead atoms. The number of rotatable bonds is 4. The van der Waals surface area contributed by atoms with Crippen LogP contribution >= 0.6 is 0 Å². The van der Waals surface area contributed by atoms with Crippen LogP contribution in [-0.4, -0.2) is 56.2 Å². The number of piperazine rings is 1. The van der Waals surface area contributed by atoms with E-state index in [-0.39, 0.29) is 17.8 Å². The van der Waals surface area contributed by atoms with Gasteiger partial charge in [-0.1, -0.05) is 0 Å². The highest BCUT2D eigenvalue weighted by atomic mass is 19.1. The van der Waals surface area contributed by atoms with E-state index < -0.39 is 0 Å². The van der Waals surface area contributed by atoms with Crippen molar-refractivity contribution < 1.29 is 18.7 Å². The fraction of sp³-hybridized carbons (Fsp3) is 0.381. The lowest BCUT2D eigenvalue weighted by molar-refractivity contribution is -0.120. The van der Waals surface area contributed by atoms with Crippen molar-refractivity contribution in [1.82, 2.24) is 4.90 Å². The number of hydrogen-bond acceptors (Lipinski definition) is 5. The molecule has 2 aromatic rings. The van der Waals surface area contributed by atoms with Gasteiger partial charge >= 0.3 is 0 Å². The molecular weight excluding hydrogens is 361 g/mol. The van der Waals surface area contributed by atoms with E-state index >= 15 is 0 Å². The molecule has 2 aliphatic rings. The molecule has 1 amide bonds. The number of halogens is 1. The van der Waals surface area contributed by atoms with E-state index in [1.807, 2.05) is 19.1 Å². The average Bonchev–Trinajstić information content (AvgIpc) is 2.74. The van der Waals surface area contributed by atoms with Crippen LogP contribution in [0.2, 0.25) is 0 Å². The quantitative estimate of drug-likeness (QED) is 0.877. The third-order valence-corrected chi connectivity index (χ3v) is 5.24. The molecule has 1 atom stereocenters. The van der Waals surface area contributed by atoms with E-state index in [1.54, 1.807) is 18.2 Å². The van der Waals surface area contributed by atoms with E-state index in [2.05, 4.69) is 15.1 Å². The maximum absolute atomic E-state index is 13.1. The molecule has 28 heavy (non-hydrogen) atoms. The summed E-state index contributed by atoms with van der Waals surface area (Å²) in [5.74, 6) is 1.08. The van der Waals surface area contributed by atoms with Crippen LogP contribution in [0.3, 0.4) is 0 Å². The molecule has 4 rings (SSSR count). The summed E-state index contributed by atoms with van der Waals surface area (Å²) < 4.78 is 24.2. The minimum Gasteiger partial charge on any atom is -0.486 e. The van der Waals surface area contributed by atoms with Crippen LogP contribution in [-0.2, 0) is 4.79 Å². The van der Waals surface area contributed by atoms with Crippen LogP contribution < -0.4 is 19.7 Å². The van der Waals surface area contributed by atoms with Crippen LogP contribution in [0.4, 0.5) is 15.8 Å². The summed E-state index contributed by atoms with van der Waals surface area (Å²) in [6, 6.07) is 11.7. The zero-order chi connectivity index (χ0) is 19.5. The van der Waals surface area contributed by atoms with Crippen molar-refractivity contribution in [1.29, 1.82) is 0 Å². The van der Waals surface area contributed by atoms with E-state index in [0.717, 1.165) is 31.9 Å². The predicted octanol–water partition coefficient (Wildman–Crippen LogP) is 2.75. The molecule has 1 fully saturated rings. The third-order valence-electron chi connectivity index (χ3n) is 5.24. The van der Waals surface area contributed by atoms with Gasteiger partial charge in [-0.05, 0) is 43.3 Å². The molecule has 2 aliphatic heterocycles. The molecule has 0 spiro atoms. The first kappa shape index (κ1) is 18.6. The third kappa shape index (κ3) is 4.04. The van der Waals surface area contributed by atoms with Crippen LogP contribution in [0.15, 0.2) is 42.5 Å². The van der Waals surface area contributed by atoms with Crippen LogP contribution in [0.1, 0.15) is 6.92 Å². The van der Waals surface area contributed by atoms with Crippen molar-refractivity contribution in [2.75, 3.05) is 49.6 Å². The summed E-state index contributed by atoms with van der Waals surface area (Å²) in [5, 5.41) is 2.97. The maximum atomic E-state index is 13.1. The molecule has 7 heteroatoms. The second kappa shape index (κ2) is 8.06. The van der Waals surface area contributed by atoms with Crippen molar-refractivity contribution in [3.63, 3.8) is 0 Å². The fourth-order valence-corrected chi connectivity index (χ4v) is 3.55. The highest BCUT2D eigenvalue weighted by molar-refractivity contribution is 5.94. The molecule has 0 radical (unpaired) electrons. The summed E-state index contributed by atoms with van der Waals surface area (Å²) in [6.45, 7) is 6.11. The molecule has 6 nitrogen and oxygen atoms in total. The van der Waals surface area contributed by atoms with Crippen LogP contribution in [0, 0.1) is 5.82 Å². The zero-order valence-electron chi connectivity index (χ0n) is 15.9. The summed E-state index contributed by atoms with van der Waals surface area (Å²) in [5.41, 5.74) is 1.71. The van der Waals surface area contributed by atoms with Gasteiger partial charge in [0.05, 0.1) is 6.04 Å². The molecule has 1 N–H and O–H groups in total. The first-order chi connectivity index (χ1) is 13.6. The Morgan fingerprint density at radius 1 is 1.00 bits per heavy atom. The van der Waals surface area contributed by atoms with E-state index in [1.165, 1.54) is 12.1 Å². The number of nitrogens with one attached hydrogen (secondary N) is 1. The average molecular weight is 385 g/mol. The number of benzene rings is 2.